The van der Waals surface area contributed by atoms with Gasteiger partial charge in [0.05, 0.1) is 6.04 Å². The van der Waals surface area contributed by atoms with Gasteiger partial charge in [-0.15, -0.1) is 0 Å². The van der Waals surface area contributed by atoms with E-state index in [1.807, 2.05) is 0 Å². The van der Waals surface area contributed by atoms with Crippen LogP contribution in [0.5, 0.6) is 0 Å². The van der Waals surface area contributed by atoms with Crippen molar-refractivity contribution in [1.82, 2.24) is 4.90 Å². The lowest BCUT2D eigenvalue weighted by Crippen LogP contribution is -2.56. The van der Waals surface area contributed by atoms with Crippen molar-refractivity contribution < 1.29 is 19.1 Å². The molecule has 0 radical (unpaired) electrons. The molecule has 0 aromatic rings. The monoisotopic (exact) mass is 314 g/mol. The highest BCUT2D eigenvalue weighted by Crippen LogP contribution is 2.25. The van der Waals surface area contributed by atoms with Crippen molar-refractivity contribution in [3.63, 3.8) is 0 Å². The van der Waals surface area contributed by atoms with Crippen LogP contribution in [0, 0.1) is 0 Å². The Morgan fingerprint density at radius 1 is 0.909 bits per heavy atom. The minimum Gasteiger partial charge on any atom is -0.443 e. The fraction of sp³-hybridized carbons (Fsp3) is 0.875. The Morgan fingerprint density at radius 3 is 1.68 bits per heavy atom. The average Bonchev–Trinajstić information content (AvgIpc) is 2.27. The van der Waals surface area contributed by atoms with Gasteiger partial charge in [-0.2, -0.15) is 0 Å². The van der Waals surface area contributed by atoms with Gasteiger partial charge in [-0.3, -0.25) is 0 Å². The normalized spacial score (nSPS) is 22.9. The van der Waals surface area contributed by atoms with Gasteiger partial charge in [0.2, 0.25) is 0 Å². The number of rotatable bonds is 1. The van der Waals surface area contributed by atoms with Gasteiger partial charge in [0.15, 0.2) is 0 Å². The first-order valence-electron chi connectivity index (χ1n) is 7.91. The molecule has 0 aromatic heterocycles. The number of nitrogens with zero attached hydrogens (tertiary/aromatic N) is 1. The van der Waals surface area contributed by atoms with Crippen molar-refractivity contribution in [3.05, 3.63) is 0 Å². The van der Waals surface area contributed by atoms with Gasteiger partial charge in [0, 0.05) is 6.04 Å². The lowest BCUT2D eigenvalue weighted by atomic mass is 9.90. The third kappa shape index (κ3) is 5.83. The Morgan fingerprint density at radius 2 is 1.32 bits per heavy atom. The molecular formula is C16H30N2O4. The third-order valence-electron chi connectivity index (χ3n) is 3.29. The van der Waals surface area contributed by atoms with Crippen LogP contribution in [0.15, 0.2) is 0 Å². The van der Waals surface area contributed by atoms with Crippen molar-refractivity contribution in [2.45, 2.75) is 90.5 Å². The first-order valence-corrected chi connectivity index (χ1v) is 7.91. The Hall–Kier alpha value is -1.30. The smallest absolute Gasteiger partial charge is 0.420 e. The molecule has 0 aromatic carbocycles. The molecule has 1 aliphatic rings. The fourth-order valence-corrected chi connectivity index (χ4v) is 2.43. The number of carbonyl (C=O) groups is 2. The van der Waals surface area contributed by atoms with Crippen LogP contribution in [0.3, 0.4) is 0 Å². The maximum absolute atomic E-state index is 12.5. The summed E-state index contributed by atoms with van der Waals surface area (Å²) in [5.41, 5.74) is 4.76. The molecule has 1 rings (SSSR count). The van der Waals surface area contributed by atoms with Crippen LogP contribution in [0.25, 0.3) is 0 Å². The van der Waals surface area contributed by atoms with Gasteiger partial charge < -0.3 is 15.2 Å². The second-order valence-electron chi connectivity index (χ2n) is 7.85. The maximum atomic E-state index is 12.5. The Labute approximate surface area is 133 Å². The molecule has 2 amide bonds. The van der Waals surface area contributed by atoms with E-state index in [2.05, 4.69) is 0 Å². The predicted octanol–water partition coefficient (Wildman–Crippen LogP) is 3.43. The first-order chi connectivity index (χ1) is 9.91. The minimum absolute atomic E-state index is 0.242. The van der Waals surface area contributed by atoms with Crippen molar-refractivity contribution in [2.24, 2.45) is 5.73 Å². The number of nitrogens with two attached hydrogens (primary N) is 1. The van der Waals surface area contributed by atoms with E-state index in [9.17, 15) is 9.59 Å². The SMILES string of the molecule is CC(C)(C)OC(=O)N(C(=O)OC(C)(C)C)[C@@H]1CCCC[C@H]1N. The summed E-state index contributed by atoms with van der Waals surface area (Å²) in [7, 11) is 0. The summed E-state index contributed by atoms with van der Waals surface area (Å²) < 4.78 is 10.7. The zero-order chi connectivity index (χ0) is 17.1. The van der Waals surface area contributed by atoms with E-state index in [1.54, 1.807) is 41.5 Å². The van der Waals surface area contributed by atoms with Gasteiger partial charge in [-0.25, -0.2) is 14.5 Å². The molecule has 128 valence electrons. The molecule has 0 saturated heterocycles. The number of carbonyl (C=O) groups excluding carboxylic acids is 2. The van der Waals surface area contributed by atoms with E-state index in [1.165, 1.54) is 0 Å². The fourth-order valence-electron chi connectivity index (χ4n) is 2.43. The molecule has 0 bridgehead atoms. The summed E-state index contributed by atoms with van der Waals surface area (Å²) >= 11 is 0. The average molecular weight is 314 g/mol. The molecule has 6 heteroatoms. The molecule has 0 unspecified atom stereocenters. The highest BCUT2D eigenvalue weighted by Gasteiger charge is 2.40. The zero-order valence-corrected chi connectivity index (χ0v) is 14.6. The number of ether oxygens (including phenoxy) is 2. The Bertz CT molecular complexity index is 381. The molecule has 6 nitrogen and oxygen atoms in total. The summed E-state index contributed by atoms with van der Waals surface area (Å²) in [6.45, 7) is 10.6. The van der Waals surface area contributed by atoms with Crippen molar-refractivity contribution in [3.8, 4) is 0 Å². The number of imide groups is 1. The number of hydrogen-bond donors (Lipinski definition) is 1. The van der Waals surface area contributed by atoms with Crippen LogP contribution >= 0.6 is 0 Å². The van der Waals surface area contributed by atoms with Crippen LogP contribution in [0.4, 0.5) is 9.59 Å². The standard InChI is InChI=1S/C16H30N2O4/c1-15(2,3)21-13(19)18(14(20)22-16(4,5)6)12-10-8-7-9-11(12)17/h11-12H,7-10,17H2,1-6H3/t11-,12-/m1/s1. The predicted molar refractivity (Wildman–Crippen MR) is 84.5 cm³/mol. The molecule has 1 saturated carbocycles. The van der Waals surface area contributed by atoms with Crippen LogP contribution < -0.4 is 5.73 Å². The Kier molecular flexibility index (Phi) is 5.84. The van der Waals surface area contributed by atoms with Crippen LogP contribution in [-0.2, 0) is 9.47 Å². The largest absolute Gasteiger partial charge is 0.443 e. The highest BCUT2D eigenvalue weighted by atomic mass is 16.6. The molecule has 1 aliphatic carbocycles. The second-order valence-corrected chi connectivity index (χ2v) is 7.85. The number of hydrogen-bond acceptors (Lipinski definition) is 5. The molecule has 1 fully saturated rings. The van der Waals surface area contributed by atoms with E-state index >= 15 is 0 Å². The molecule has 2 atom stereocenters. The van der Waals surface area contributed by atoms with Gasteiger partial charge in [-0.05, 0) is 54.4 Å². The first kappa shape index (κ1) is 18.7. The van der Waals surface area contributed by atoms with Crippen LogP contribution in [0.2, 0.25) is 0 Å². The summed E-state index contributed by atoms with van der Waals surface area (Å²) in [5.74, 6) is 0. The van der Waals surface area contributed by atoms with Crippen LogP contribution in [-0.4, -0.2) is 40.4 Å². The maximum Gasteiger partial charge on any atom is 0.420 e. The van der Waals surface area contributed by atoms with Crippen molar-refractivity contribution >= 4 is 12.2 Å². The van der Waals surface area contributed by atoms with Gasteiger partial charge in [0.1, 0.15) is 11.2 Å². The third-order valence-corrected chi connectivity index (χ3v) is 3.29. The molecule has 2 N–H and O–H groups in total. The second kappa shape index (κ2) is 6.86. The summed E-state index contributed by atoms with van der Waals surface area (Å²) in [6.07, 6.45) is 2.02. The summed E-state index contributed by atoms with van der Waals surface area (Å²) in [5, 5.41) is 0. The molecule has 0 aliphatic heterocycles. The quantitative estimate of drug-likeness (QED) is 0.802. The van der Waals surface area contributed by atoms with Crippen molar-refractivity contribution in [1.29, 1.82) is 0 Å². The zero-order valence-electron chi connectivity index (χ0n) is 14.6. The topological polar surface area (TPSA) is 81.9 Å². The van der Waals surface area contributed by atoms with E-state index < -0.39 is 23.4 Å². The molecule has 0 heterocycles. The van der Waals surface area contributed by atoms with E-state index in [-0.39, 0.29) is 12.1 Å². The Balaban J connectivity index is 2.98. The molecule has 0 spiro atoms. The highest BCUT2D eigenvalue weighted by molar-refractivity contribution is 5.88. The minimum atomic E-state index is -0.691. The number of amides is 2. The van der Waals surface area contributed by atoms with E-state index in [4.69, 9.17) is 15.2 Å². The van der Waals surface area contributed by atoms with E-state index in [0.29, 0.717) is 6.42 Å². The van der Waals surface area contributed by atoms with Gasteiger partial charge >= 0.3 is 12.2 Å². The van der Waals surface area contributed by atoms with E-state index in [0.717, 1.165) is 24.2 Å². The van der Waals surface area contributed by atoms with Gasteiger partial charge in [0.25, 0.3) is 0 Å². The summed E-state index contributed by atoms with van der Waals surface area (Å²) in [4.78, 5) is 26.0. The lowest BCUT2D eigenvalue weighted by Gasteiger charge is -2.38. The van der Waals surface area contributed by atoms with Crippen LogP contribution in [0.1, 0.15) is 67.2 Å². The summed E-state index contributed by atoms with van der Waals surface area (Å²) in [6, 6.07) is -0.618. The molecular weight excluding hydrogens is 284 g/mol. The lowest BCUT2D eigenvalue weighted by molar-refractivity contribution is -0.0127. The van der Waals surface area contributed by atoms with Gasteiger partial charge in [-0.1, -0.05) is 12.8 Å². The van der Waals surface area contributed by atoms with Crippen molar-refractivity contribution in [2.75, 3.05) is 0 Å². The molecule has 22 heavy (non-hydrogen) atoms.